The smallest absolute Gasteiger partial charge is 0.0530 e. The molecule has 0 amide bonds. The minimum atomic E-state index is 0.575. The minimum absolute atomic E-state index is 0.575. The molecule has 2 atom stereocenters. The zero-order valence-corrected chi connectivity index (χ0v) is 10.5. The van der Waals surface area contributed by atoms with Crippen LogP contribution in [0.2, 0.25) is 0 Å². The minimum Gasteiger partial charge on any atom is -0.384 e. The van der Waals surface area contributed by atoms with Gasteiger partial charge in [-0.25, -0.2) is 0 Å². The fourth-order valence-electron chi connectivity index (χ4n) is 2.93. The first-order chi connectivity index (χ1) is 7.31. The van der Waals surface area contributed by atoms with E-state index < -0.39 is 0 Å². The van der Waals surface area contributed by atoms with Crippen molar-refractivity contribution in [1.82, 2.24) is 4.90 Å². The summed E-state index contributed by atoms with van der Waals surface area (Å²) in [4.78, 5) is 2.67. The van der Waals surface area contributed by atoms with Crippen molar-refractivity contribution < 1.29 is 4.74 Å². The zero-order chi connectivity index (χ0) is 10.9. The molecule has 0 bridgehead atoms. The van der Waals surface area contributed by atoms with Gasteiger partial charge in [-0.2, -0.15) is 0 Å². The number of hydrogen-bond donors (Lipinski definition) is 0. The maximum atomic E-state index is 5.29. The van der Waals surface area contributed by atoms with Gasteiger partial charge in [-0.3, -0.25) is 0 Å². The zero-order valence-electron chi connectivity index (χ0n) is 10.5. The van der Waals surface area contributed by atoms with Crippen LogP contribution in [0.4, 0.5) is 0 Å². The predicted molar refractivity (Wildman–Crippen MR) is 62.9 cm³/mol. The first-order valence-electron chi connectivity index (χ1n) is 6.53. The maximum absolute atomic E-state index is 5.29. The largest absolute Gasteiger partial charge is 0.384 e. The molecule has 3 fully saturated rings. The van der Waals surface area contributed by atoms with E-state index in [1.54, 1.807) is 0 Å². The Morgan fingerprint density at radius 1 is 1.20 bits per heavy atom. The SMILES string of the molecule is CC.COCC1(CN2CC3CC3C2)CC1. The second-order valence-corrected chi connectivity index (χ2v) is 5.38. The van der Waals surface area contributed by atoms with Crippen molar-refractivity contribution in [3.63, 3.8) is 0 Å². The van der Waals surface area contributed by atoms with Crippen molar-refractivity contribution >= 4 is 0 Å². The van der Waals surface area contributed by atoms with Gasteiger partial charge in [-0.1, -0.05) is 13.8 Å². The Bertz CT molecular complexity index is 203. The van der Waals surface area contributed by atoms with Gasteiger partial charge in [0.25, 0.3) is 0 Å². The molecule has 88 valence electrons. The van der Waals surface area contributed by atoms with Crippen LogP contribution in [0.1, 0.15) is 33.1 Å². The number of rotatable bonds is 4. The standard InChI is InChI=1S/C11H19NO.C2H6/c1-13-8-11(2-3-11)7-12-5-9-4-10(9)6-12;1-2/h9-10H,2-8H2,1H3;1-2H3. The van der Waals surface area contributed by atoms with E-state index >= 15 is 0 Å². The fourth-order valence-corrected chi connectivity index (χ4v) is 2.93. The fraction of sp³-hybridized carbons (Fsp3) is 1.00. The van der Waals surface area contributed by atoms with Crippen molar-refractivity contribution in [2.45, 2.75) is 33.1 Å². The molecule has 0 N–H and O–H groups in total. The third-order valence-corrected chi connectivity index (χ3v) is 4.02. The van der Waals surface area contributed by atoms with E-state index in [1.165, 1.54) is 38.9 Å². The first-order valence-corrected chi connectivity index (χ1v) is 6.53. The lowest BCUT2D eigenvalue weighted by molar-refractivity contribution is 0.112. The molecule has 2 heteroatoms. The van der Waals surface area contributed by atoms with E-state index in [2.05, 4.69) is 4.90 Å². The van der Waals surface area contributed by atoms with Crippen LogP contribution < -0.4 is 0 Å². The summed E-state index contributed by atoms with van der Waals surface area (Å²) < 4.78 is 5.29. The summed E-state index contributed by atoms with van der Waals surface area (Å²) in [5.41, 5.74) is 0.575. The molecule has 1 heterocycles. The number of likely N-dealkylation sites (tertiary alicyclic amines) is 1. The Hall–Kier alpha value is -0.0800. The number of methoxy groups -OCH3 is 1. The van der Waals surface area contributed by atoms with Crippen LogP contribution in [0, 0.1) is 17.3 Å². The first kappa shape index (κ1) is 11.4. The topological polar surface area (TPSA) is 12.5 Å². The molecule has 2 aliphatic carbocycles. The lowest BCUT2D eigenvalue weighted by atomic mass is 10.1. The van der Waals surface area contributed by atoms with Crippen molar-refractivity contribution in [1.29, 1.82) is 0 Å². The Balaban J connectivity index is 0.000000404. The van der Waals surface area contributed by atoms with Gasteiger partial charge in [0.1, 0.15) is 0 Å². The highest BCUT2D eigenvalue weighted by Gasteiger charge is 2.50. The van der Waals surface area contributed by atoms with Crippen LogP contribution in [0.15, 0.2) is 0 Å². The number of ether oxygens (including phenoxy) is 1. The Morgan fingerprint density at radius 3 is 2.27 bits per heavy atom. The molecular formula is C13H25NO. The van der Waals surface area contributed by atoms with E-state index in [4.69, 9.17) is 4.74 Å². The van der Waals surface area contributed by atoms with Crippen LogP contribution in [0.3, 0.4) is 0 Å². The molecule has 2 saturated carbocycles. The molecule has 2 nitrogen and oxygen atoms in total. The molecule has 0 aromatic heterocycles. The summed E-state index contributed by atoms with van der Waals surface area (Å²) in [7, 11) is 1.83. The second-order valence-electron chi connectivity index (χ2n) is 5.38. The van der Waals surface area contributed by atoms with Crippen LogP contribution >= 0.6 is 0 Å². The van der Waals surface area contributed by atoms with E-state index in [0.29, 0.717) is 5.41 Å². The van der Waals surface area contributed by atoms with Gasteiger partial charge in [0.15, 0.2) is 0 Å². The summed E-state index contributed by atoms with van der Waals surface area (Å²) in [6.45, 7) is 9.07. The maximum Gasteiger partial charge on any atom is 0.0530 e. The molecule has 15 heavy (non-hydrogen) atoms. The molecule has 3 aliphatic rings. The summed E-state index contributed by atoms with van der Waals surface area (Å²) in [5.74, 6) is 2.16. The molecule has 0 radical (unpaired) electrons. The number of hydrogen-bond acceptors (Lipinski definition) is 2. The Kier molecular flexibility index (Phi) is 3.36. The molecule has 3 rings (SSSR count). The van der Waals surface area contributed by atoms with Gasteiger partial charge < -0.3 is 9.64 Å². The lowest BCUT2D eigenvalue weighted by Crippen LogP contribution is -2.32. The number of piperidine rings is 1. The molecule has 0 aromatic rings. The molecule has 2 unspecified atom stereocenters. The molecule has 0 aromatic carbocycles. The van der Waals surface area contributed by atoms with Crippen molar-refractivity contribution in [3.05, 3.63) is 0 Å². The van der Waals surface area contributed by atoms with Crippen molar-refractivity contribution in [2.24, 2.45) is 17.3 Å². The highest BCUT2D eigenvalue weighted by molar-refractivity contribution is 5.02. The van der Waals surface area contributed by atoms with E-state index in [-0.39, 0.29) is 0 Å². The summed E-state index contributed by atoms with van der Waals surface area (Å²) in [6.07, 6.45) is 4.31. The summed E-state index contributed by atoms with van der Waals surface area (Å²) in [5, 5.41) is 0. The van der Waals surface area contributed by atoms with Gasteiger partial charge in [0, 0.05) is 32.2 Å². The predicted octanol–water partition coefficient (Wildman–Crippen LogP) is 2.39. The average Bonchev–Trinajstić information content (AvgIpc) is 3.13. The van der Waals surface area contributed by atoms with Crippen LogP contribution in [-0.4, -0.2) is 38.3 Å². The monoisotopic (exact) mass is 211 g/mol. The van der Waals surface area contributed by atoms with Crippen LogP contribution in [0.25, 0.3) is 0 Å². The van der Waals surface area contributed by atoms with E-state index in [0.717, 1.165) is 18.4 Å². The summed E-state index contributed by atoms with van der Waals surface area (Å²) >= 11 is 0. The molecule has 1 aliphatic heterocycles. The van der Waals surface area contributed by atoms with Crippen molar-refractivity contribution in [2.75, 3.05) is 33.4 Å². The van der Waals surface area contributed by atoms with Crippen molar-refractivity contribution in [3.8, 4) is 0 Å². The van der Waals surface area contributed by atoms with E-state index in [9.17, 15) is 0 Å². The van der Waals surface area contributed by atoms with Gasteiger partial charge in [0.05, 0.1) is 6.61 Å². The van der Waals surface area contributed by atoms with Crippen LogP contribution in [0.5, 0.6) is 0 Å². The van der Waals surface area contributed by atoms with E-state index in [1.807, 2.05) is 21.0 Å². The van der Waals surface area contributed by atoms with Gasteiger partial charge in [-0.15, -0.1) is 0 Å². The average molecular weight is 211 g/mol. The quantitative estimate of drug-likeness (QED) is 0.708. The molecular weight excluding hydrogens is 186 g/mol. The van der Waals surface area contributed by atoms with Gasteiger partial charge >= 0.3 is 0 Å². The number of nitrogens with zero attached hydrogens (tertiary/aromatic N) is 1. The molecule has 1 saturated heterocycles. The second kappa shape index (κ2) is 4.42. The number of fused-ring (bicyclic) bond motifs is 1. The summed E-state index contributed by atoms with van der Waals surface area (Å²) in [6, 6.07) is 0. The Morgan fingerprint density at radius 2 is 1.80 bits per heavy atom. The highest BCUT2D eigenvalue weighted by Crippen LogP contribution is 2.50. The van der Waals surface area contributed by atoms with Gasteiger partial charge in [0.2, 0.25) is 0 Å². The van der Waals surface area contributed by atoms with Gasteiger partial charge in [-0.05, 0) is 31.1 Å². The third-order valence-electron chi connectivity index (χ3n) is 4.02. The lowest BCUT2D eigenvalue weighted by Gasteiger charge is -2.23. The van der Waals surface area contributed by atoms with Crippen LogP contribution in [-0.2, 0) is 4.74 Å². The third kappa shape index (κ3) is 2.54. The normalized spacial score (nSPS) is 35.4. The highest BCUT2D eigenvalue weighted by atomic mass is 16.5. The molecule has 0 spiro atoms. The Labute approximate surface area is 94.0 Å².